The quantitative estimate of drug-likeness (QED) is 0.871. The van der Waals surface area contributed by atoms with Gasteiger partial charge < -0.3 is 16.0 Å². The van der Waals surface area contributed by atoms with Crippen molar-refractivity contribution in [3.05, 3.63) is 35.9 Å². The predicted octanol–water partition coefficient (Wildman–Crippen LogP) is 1.78. The molecule has 0 aliphatic heterocycles. The van der Waals surface area contributed by atoms with Gasteiger partial charge in [-0.05, 0) is 57.2 Å². The monoisotopic (exact) mass is 313 g/mol. The lowest BCUT2D eigenvalue weighted by molar-refractivity contribution is -0.128. The van der Waals surface area contributed by atoms with Crippen LogP contribution < -0.4 is 11.1 Å². The first-order valence-corrected chi connectivity index (χ1v) is 8.75. The maximum absolute atomic E-state index is 13.0. The summed E-state index contributed by atoms with van der Waals surface area (Å²) in [5, 5.41) is 3.31. The standard InChI is InChI=1S/C19H27N3O/c1-11(16(22(2)3)12-7-5-4-6-8-12)21-18(23)19-14-9-13(17(19)20)10-15(14)19/h4-8,11,13-17H,9-10,20H2,1-3H3,(H,21,23). The summed E-state index contributed by atoms with van der Waals surface area (Å²) in [6.07, 6.45) is 2.34. The summed E-state index contributed by atoms with van der Waals surface area (Å²) in [5.74, 6) is 1.91. The molecule has 0 heterocycles. The van der Waals surface area contributed by atoms with Crippen LogP contribution in [0.4, 0.5) is 0 Å². The van der Waals surface area contributed by atoms with Crippen LogP contribution in [0.25, 0.3) is 0 Å². The van der Waals surface area contributed by atoms with Crippen molar-refractivity contribution in [1.82, 2.24) is 10.2 Å². The van der Waals surface area contributed by atoms with Crippen LogP contribution in [0.1, 0.15) is 31.4 Å². The number of hydrogen-bond acceptors (Lipinski definition) is 3. The van der Waals surface area contributed by atoms with E-state index in [1.54, 1.807) is 0 Å². The zero-order valence-electron chi connectivity index (χ0n) is 14.2. The van der Waals surface area contributed by atoms with Gasteiger partial charge in [0.05, 0.1) is 11.5 Å². The van der Waals surface area contributed by atoms with Crippen LogP contribution in [0.2, 0.25) is 0 Å². The van der Waals surface area contributed by atoms with Crippen LogP contribution in [-0.4, -0.2) is 37.0 Å². The molecule has 4 fully saturated rings. The largest absolute Gasteiger partial charge is 0.351 e. The molecule has 0 radical (unpaired) electrons. The summed E-state index contributed by atoms with van der Waals surface area (Å²) in [7, 11) is 4.13. The normalized spacial score (nSPS) is 39.3. The van der Waals surface area contributed by atoms with E-state index in [-0.39, 0.29) is 29.4 Å². The van der Waals surface area contributed by atoms with Gasteiger partial charge in [0.15, 0.2) is 0 Å². The Labute approximate surface area is 138 Å². The number of benzene rings is 1. The molecular formula is C19H27N3O. The van der Waals surface area contributed by atoms with Gasteiger partial charge in [-0.25, -0.2) is 0 Å². The van der Waals surface area contributed by atoms with Crippen LogP contribution in [0.5, 0.6) is 0 Å². The van der Waals surface area contributed by atoms with Gasteiger partial charge in [-0.2, -0.15) is 0 Å². The van der Waals surface area contributed by atoms with Crippen LogP contribution >= 0.6 is 0 Å². The average Bonchev–Trinajstić information content (AvgIpc) is 2.81. The van der Waals surface area contributed by atoms with Crippen molar-refractivity contribution in [3.8, 4) is 0 Å². The number of carbonyl (C=O) groups is 1. The molecule has 4 bridgehead atoms. The second-order valence-electron chi connectivity index (χ2n) is 7.98. The van der Waals surface area contributed by atoms with Crippen LogP contribution in [0.3, 0.4) is 0 Å². The lowest BCUT2D eigenvalue weighted by Gasteiger charge is -2.32. The molecule has 124 valence electrons. The highest BCUT2D eigenvalue weighted by atomic mass is 16.2. The summed E-state index contributed by atoms with van der Waals surface area (Å²) in [4.78, 5) is 15.2. The molecule has 4 nitrogen and oxygen atoms in total. The van der Waals surface area contributed by atoms with Crippen LogP contribution in [0, 0.1) is 23.2 Å². The SMILES string of the molecule is CC(NC(=O)C12C(N)C3CC1C2C3)C(c1ccccc1)N(C)C. The molecule has 0 spiro atoms. The molecule has 4 heteroatoms. The number of likely N-dealkylation sites (N-methyl/N-ethyl adjacent to an activating group) is 1. The Kier molecular flexibility index (Phi) is 3.33. The van der Waals surface area contributed by atoms with E-state index in [0.29, 0.717) is 17.8 Å². The van der Waals surface area contributed by atoms with Gasteiger partial charge in [-0.1, -0.05) is 30.3 Å². The molecule has 0 aromatic heterocycles. The molecule has 1 amide bonds. The first kappa shape index (κ1) is 15.2. The number of nitrogens with one attached hydrogen (secondary N) is 1. The Morgan fingerprint density at radius 2 is 1.87 bits per heavy atom. The Balaban J connectivity index is 1.51. The molecule has 5 rings (SSSR count). The van der Waals surface area contributed by atoms with Crippen molar-refractivity contribution in [3.63, 3.8) is 0 Å². The molecule has 0 saturated heterocycles. The van der Waals surface area contributed by atoms with E-state index in [0.717, 1.165) is 0 Å². The number of amides is 1. The molecular weight excluding hydrogens is 286 g/mol. The highest BCUT2D eigenvalue weighted by molar-refractivity contribution is 5.89. The minimum Gasteiger partial charge on any atom is -0.351 e. The topological polar surface area (TPSA) is 58.4 Å². The van der Waals surface area contributed by atoms with E-state index in [4.69, 9.17) is 5.73 Å². The molecule has 4 saturated carbocycles. The lowest BCUT2D eigenvalue weighted by atomic mass is 9.94. The second-order valence-corrected chi connectivity index (χ2v) is 7.98. The van der Waals surface area contributed by atoms with Gasteiger partial charge in [0.1, 0.15) is 0 Å². The molecule has 3 N–H and O–H groups in total. The zero-order chi connectivity index (χ0) is 16.4. The first-order valence-electron chi connectivity index (χ1n) is 8.75. The van der Waals surface area contributed by atoms with Crippen molar-refractivity contribution in [2.45, 2.75) is 37.9 Å². The Bertz CT molecular complexity index is 602. The molecule has 4 aliphatic rings. The van der Waals surface area contributed by atoms with Crippen molar-refractivity contribution >= 4 is 5.91 Å². The third kappa shape index (κ3) is 1.94. The third-order valence-corrected chi connectivity index (χ3v) is 6.70. The van der Waals surface area contributed by atoms with E-state index in [1.807, 2.05) is 6.07 Å². The van der Waals surface area contributed by atoms with Crippen molar-refractivity contribution in [1.29, 1.82) is 0 Å². The number of rotatable bonds is 5. The molecule has 5 atom stereocenters. The molecule has 5 unspecified atom stereocenters. The fourth-order valence-corrected chi connectivity index (χ4v) is 5.79. The minimum atomic E-state index is -0.230. The van der Waals surface area contributed by atoms with E-state index in [9.17, 15) is 4.79 Å². The van der Waals surface area contributed by atoms with Crippen molar-refractivity contribution in [2.75, 3.05) is 14.1 Å². The van der Waals surface area contributed by atoms with Crippen molar-refractivity contribution < 1.29 is 4.79 Å². The van der Waals surface area contributed by atoms with E-state index >= 15 is 0 Å². The molecule has 1 aromatic carbocycles. The van der Waals surface area contributed by atoms with Gasteiger partial charge in [-0.3, -0.25) is 4.79 Å². The van der Waals surface area contributed by atoms with E-state index in [2.05, 4.69) is 55.5 Å². The van der Waals surface area contributed by atoms with Gasteiger partial charge in [0.25, 0.3) is 0 Å². The lowest BCUT2D eigenvalue weighted by Crippen LogP contribution is -2.49. The smallest absolute Gasteiger partial charge is 0.228 e. The average molecular weight is 313 g/mol. The van der Waals surface area contributed by atoms with Gasteiger partial charge in [0, 0.05) is 12.1 Å². The summed E-state index contributed by atoms with van der Waals surface area (Å²) < 4.78 is 0. The van der Waals surface area contributed by atoms with Crippen molar-refractivity contribution in [2.24, 2.45) is 28.9 Å². The minimum absolute atomic E-state index is 0.0560. The second kappa shape index (κ2) is 5.05. The molecule has 1 aromatic rings. The predicted molar refractivity (Wildman–Crippen MR) is 90.6 cm³/mol. The van der Waals surface area contributed by atoms with Crippen LogP contribution in [0.15, 0.2) is 30.3 Å². The first-order chi connectivity index (χ1) is 11.0. The number of hydrogen-bond donors (Lipinski definition) is 2. The maximum Gasteiger partial charge on any atom is 0.228 e. The highest BCUT2D eigenvalue weighted by Gasteiger charge is 2.82. The number of nitrogens with zero attached hydrogens (tertiary/aromatic N) is 1. The van der Waals surface area contributed by atoms with Gasteiger partial charge in [-0.15, -0.1) is 0 Å². The third-order valence-electron chi connectivity index (χ3n) is 6.70. The fraction of sp³-hybridized carbons (Fsp3) is 0.632. The Morgan fingerprint density at radius 3 is 2.35 bits per heavy atom. The van der Waals surface area contributed by atoms with Gasteiger partial charge in [0.2, 0.25) is 5.91 Å². The highest BCUT2D eigenvalue weighted by Crippen LogP contribution is 2.78. The maximum atomic E-state index is 13.0. The summed E-state index contributed by atoms with van der Waals surface area (Å²) in [6.45, 7) is 2.11. The Hall–Kier alpha value is -1.39. The summed E-state index contributed by atoms with van der Waals surface area (Å²) in [5.41, 5.74) is 7.39. The van der Waals surface area contributed by atoms with E-state index < -0.39 is 0 Å². The summed E-state index contributed by atoms with van der Waals surface area (Å²) >= 11 is 0. The zero-order valence-corrected chi connectivity index (χ0v) is 14.2. The molecule has 23 heavy (non-hydrogen) atoms. The molecule has 4 aliphatic carbocycles. The fourth-order valence-electron chi connectivity index (χ4n) is 5.79. The Morgan fingerprint density at radius 1 is 1.26 bits per heavy atom. The van der Waals surface area contributed by atoms with Gasteiger partial charge >= 0.3 is 0 Å². The number of nitrogens with two attached hydrogens (primary N) is 1. The van der Waals surface area contributed by atoms with Crippen LogP contribution in [-0.2, 0) is 4.79 Å². The number of carbonyl (C=O) groups excluding carboxylic acids is 1. The van der Waals surface area contributed by atoms with E-state index in [1.165, 1.54) is 18.4 Å². The summed E-state index contributed by atoms with van der Waals surface area (Å²) in [6, 6.07) is 10.7.